The van der Waals surface area contributed by atoms with Gasteiger partial charge in [0, 0.05) is 30.0 Å². The molecule has 3 aromatic rings. The number of ether oxygens (including phenoxy) is 3. The van der Waals surface area contributed by atoms with Crippen LogP contribution in [0, 0.1) is 0 Å². The smallest absolute Gasteiger partial charge is 0.191 e. The minimum absolute atomic E-state index is 0.142. The van der Waals surface area contributed by atoms with Crippen molar-refractivity contribution in [2.24, 2.45) is 5.10 Å². The number of hydrogen-bond acceptors (Lipinski definition) is 8. The zero-order chi connectivity index (χ0) is 24.2. The number of aliphatic hydroxyl groups is 1. The summed E-state index contributed by atoms with van der Waals surface area (Å²) in [7, 11) is 1.67. The van der Waals surface area contributed by atoms with Gasteiger partial charge in [0.05, 0.1) is 37.0 Å². The number of rotatable bonds is 8. The van der Waals surface area contributed by atoms with E-state index in [1.54, 1.807) is 12.1 Å². The molecule has 0 spiro atoms. The number of aliphatic hydroxyl groups excluding tert-OH is 1. The van der Waals surface area contributed by atoms with Crippen LogP contribution in [-0.4, -0.2) is 69.8 Å². The Hall–Kier alpha value is -2.59. The number of hydrazone groups is 1. The molecule has 2 aromatic carbocycles. The molecule has 0 radical (unpaired) electrons. The van der Waals surface area contributed by atoms with Gasteiger partial charge in [0.15, 0.2) is 11.8 Å². The highest BCUT2D eigenvalue weighted by molar-refractivity contribution is 8.00. The Morgan fingerprint density at radius 3 is 2.89 bits per heavy atom. The Balaban J connectivity index is 1.37. The average molecular weight is 497 g/mol. The topological polar surface area (TPSA) is 81.3 Å². The third kappa shape index (κ3) is 5.33. The first kappa shape index (κ1) is 24.1. The lowest BCUT2D eigenvalue weighted by molar-refractivity contribution is -0.165. The predicted molar refractivity (Wildman–Crippen MR) is 139 cm³/mol. The van der Waals surface area contributed by atoms with E-state index < -0.39 is 5.56 Å². The van der Waals surface area contributed by atoms with Crippen molar-refractivity contribution in [1.29, 1.82) is 0 Å². The monoisotopic (exact) mass is 496 g/mol. The van der Waals surface area contributed by atoms with Gasteiger partial charge in [-0.05, 0) is 50.5 Å². The van der Waals surface area contributed by atoms with E-state index >= 15 is 0 Å². The maximum absolute atomic E-state index is 10.5. The van der Waals surface area contributed by atoms with Gasteiger partial charge in [-0.15, -0.1) is 11.8 Å². The highest BCUT2D eigenvalue weighted by Gasteiger charge is 2.24. The molecule has 186 valence electrons. The third-order valence-corrected chi connectivity index (χ3v) is 7.34. The number of methoxy groups -OCH3 is 1. The predicted octanol–water partition coefficient (Wildman–Crippen LogP) is 4.30. The van der Waals surface area contributed by atoms with Crippen LogP contribution >= 0.6 is 11.8 Å². The SMILES string of the molecule is CCn1c(-c2cccc(OC)c2)nc2cc(C3=NN(CCOC4CCCCO4)C(O)SC3)ccc21. The zero-order valence-corrected chi connectivity index (χ0v) is 21.0. The maximum atomic E-state index is 10.5. The van der Waals surface area contributed by atoms with Crippen LogP contribution in [0.15, 0.2) is 47.6 Å². The molecule has 3 heterocycles. The molecule has 0 saturated carbocycles. The Bertz CT molecular complexity index is 1190. The third-order valence-electron chi connectivity index (χ3n) is 6.36. The van der Waals surface area contributed by atoms with E-state index in [1.165, 1.54) is 11.8 Å². The summed E-state index contributed by atoms with van der Waals surface area (Å²) in [5.74, 6) is 2.36. The quantitative estimate of drug-likeness (QED) is 0.498. The van der Waals surface area contributed by atoms with Crippen LogP contribution in [0.4, 0.5) is 0 Å². The number of imidazole rings is 1. The molecule has 0 bridgehead atoms. The van der Waals surface area contributed by atoms with E-state index in [0.29, 0.717) is 18.9 Å². The standard InChI is InChI=1S/C26H32N4O4S/c1-3-29-23-11-10-18(16-21(23)27-25(29)19-7-6-8-20(15-19)32-2)22-17-35-26(31)30(28-22)12-14-34-24-9-4-5-13-33-24/h6-8,10-11,15-16,24,26,31H,3-5,9,12-14,17H2,1-2H3. The van der Waals surface area contributed by atoms with Crippen LogP contribution in [0.3, 0.4) is 0 Å². The summed E-state index contributed by atoms with van der Waals surface area (Å²) < 4.78 is 19.1. The fraction of sp³-hybridized carbons (Fsp3) is 0.462. The Labute approximate surface area is 209 Å². The minimum Gasteiger partial charge on any atom is -0.497 e. The van der Waals surface area contributed by atoms with Crippen LogP contribution in [0.2, 0.25) is 0 Å². The fourth-order valence-corrected chi connectivity index (χ4v) is 5.36. The highest BCUT2D eigenvalue weighted by Crippen LogP contribution is 2.29. The molecule has 1 aromatic heterocycles. The van der Waals surface area contributed by atoms with Crippen molar-refractivity contribution in [2.75, 3.05) is 32.6 Å². The summed E-state index contributed by atoms with van der Waals surface area (Å²) in [6.07, 6.45) is 3.01. The van der Waals surface area contributed by atoms with E-state index in [9.17, 15) is 5.11 Å². The van der Waals surface area contributed by atoms with Crippen LogP contribution in [-0.2, 0) is 16.0 Å². The van der Waals surface area contributed by atoms with E-state index in [2.05, 4.69) is 35.8 Å². The lowest BCUT2D eigenvalue weighted by Crippen LogP contribution is -2.37. The van der Waals surface area contributed by atoms with E-state index in [-0.39, 0.29) is 6.29 Å². The number of aryl methyl sites for hydroxylation is 1. The molecule has 0 amide bonds. The molecule has 35 heavy (non-hydrogen) atoms. The number of benzene rings is 2. The second-order valence-electron chi connectivity index (χ2n) is 8.63. The van der Waals surface area contributed by atoms with Gasteiger partial charge in [0.2, 0.25) is 0 Å². The summed E-state index contributed by atoms with van der Waals surface area (Å²) in [4.78, 5) is 4.97. The first-order valence-corrected chi connectivity index (χ1v) is 13.2. The van der Waals surface area contributed by atoms with Crippen molar-refractivity contribution in [3.05, 3.63) is 48.0 Å². The Morgan fingerprint density at radius 2 is 2.09 bits per heavy atom. The second kappa shape index (κ2) is 11.0. The number of nitrogens with zero attached hydrogens (tertiary/aromatic N) is 4. The molecule has 0 aliphatic carbocycles. The minimum atomic E-state index is -0.683. The summed E-state index contributed by atoms with van der Waals surface area (Å²) in [6.45, 7) is 4.65. The molecule has 2 aliphatic heterocycles. The first-order chi connectivity index (χ1) is 17.2. The van der Waals surface area contributed by atoms with Crippen LogP contribution in [0.25, 0.3) is 22.4 Å². The van der Waals surface area contributed by atoms with Crippen molar-refractivity contribution in [1.82, 2.24) is 14.6 Å². The van der Waals surface area contributed by atoms with Crippen molar-refractivity contribution >= 4 is 28.5 Å². The molecule has 2 atom stereocenters. The van der Waals surface area contributed by atoms with Crippen molar-refractivity contribution in [2.45, 2.75) is 44.6 Å². The zero-order valence-electron chi connectivity index (χ0n) is 20.2. The number of aromatic nitrogens is 2. The van der Waals surface area contributed by atoms with Crippen molar-refractivity contribution in [3.8, 4) is 17.1 Å². The maximum Gasteiger partial charge on any atom is 0.191 e. The lowest BCUT2D eigenvalue weighted by Gasteiger charge is -2.30. The van der Waals surface area contributed by atoms with Crippen LogP contribution in [0.1, 0.15) is 31.7 Å². The van der Waals surface area contributed by atoms with E-state index in [4.69, 9.17) is 24.3 Å². The summed E-state index contributed by atoms with van der Waals surface area (Å²) in [5, 5.41) is 16.9. The molecule has 2 unspecified atom stereocenters. The molecular formula is C26H32N4O4S. The van der Waals surface area contributed by atoms with E-state index in [1.807, 2.05) is 18.2 Å². The molecule has 9 heteroatoms. The van der Waals surface area contributed by atoms with Crippen LogP contribution < -0.4 is 4.74 Å². The first-order valence-electron chi connectivity index (χ1n) is 12.2. The van der Waals surface area contributed by atoms with Gasteiger partial charge in [0.1, 0.15) is 11.6 Å². The van der Waals surface area contributed by atoms with Gasteiger partial charge in [-0.25, -0.2) is 4.98 Å². The molecule has 1 N–H and O–H groups in total. The Kier molecular flexibility index (Phi) is 7.57. The number of thioether (sulfide) groups is 1. The molecule has 1 fully saturated rings. The largest absolute Gasteiger partial charge is 0.497 e. The fourth-order valence-electron chi connectivity index (χ4n) is 4.51. The summed E-state index contributed by atoms with van der Waals surface area (Å²) in [5.41, 5.74) is 4.27. The van der Waals surface area contributed by atoms with Crippen molar-refractivity contribution < 1.29 is 19.3 Å². The molecule has 8 nitrogen and oxygen atoms in total. The normalized spacial score (nSPS) is 20.8. The summed E-state index contributed by atoms with van der Waals surface area (Å²) >= 11 is 1.46. The molecule has 5 rings (SSSR count). The van der Waals surface area contributed by atoms with Gasteiger partial charge in [-0.1, -0.05) is 18.2 Å². The van der Waals surface area contributed by atoms with Crippen LogP contribution in [0.5, 0.6) is 5.75 Å². The highest BCUT2D eigenvalue weighted by atomic mass is 32.2. The van der Waals surface area contributed by atoms with Gasteiger partial charge in [-0.2, -0.15) is 5.10 Å². The van der Waals surface area contributed by atoms with Crippen molar-refractivity contribution in [3.63, 3.8) is 0 Å². The number of hydrogen-bond donors (Lipinski definition) is 1. The van der Waals surface area contributed by atoms with Gasteiger partial charge in [0.25, 0.3) is 0 Å². The Morgan fingerprint density at radius 1 is 1.17 bits per heavy atom. The summed E-state index contributed by atoms with van der Waals surface area (Å²) in [6, 6.07) is 14.3. The molecule has 1 saturated heterocycles. The van der Waals surface area contributed by atoms with Gasteiger partial charge >= 0.3 is 0 Å². The molecule has 2 aliphatic rings. The average Bonchev–Trinajstić information content (AvgIpc) is 3.28. The van der Waals surface area contributed by atoms with Gasteiger partial charge < -0.3 is 23.9 Å². The number of fused-ring (bicyclic) bond motifs is 1. The second-order valence-corrected chi connectivity index (χ2v) is 9.67. The van der Waals surface area contributed by atoms with E-state index in [0.717, 1.165) is 71.9 Å². The molecular weight excluding hydrogens is 464 g/mol. The lowest BCUT2D eigenvalue weighted by atomic mass is 10.1. The van der Waals surface area contributed by atoms with Gasteiger partial charge in [-0.3, -0.25) is 5.01 Å².